The molecule has 0 saturated carbocycles. The number of aromatic nitrogens is 1. The first kappa shape index (κ1) is 21.4. The minimum Gasteiger partial charge on any atom is -0.507 e. The van der Waals surface area contributed by atoms with Crippen molar-refractivity contribution in [3.05, 3.63) is 119 Å². The van der Waals surface area contributed by atoms with Gasteiger partial charge in [0, 0.05) is 35.0 Å². The number of hydrogen-bond acceptors (Lipinski definition) is 6. The lowest BCUT2D eigenvalue weighted by Crippen LogP contribution is -2.22. The van der Waals surface area contributed by atoms with Crippen LogP contribution in [0.4, 0.5) is 0 Å². The summed E-state index contributed by atoms with van der Waals surface area (Å²) in [5, 5.41) is 11.2. The molecule has 0 aliphatic carbocycles. The summed E-state index contributed by atoms with van der Waals surface area (Å²) in [6.07, 6.45) is 3.48. The number of nitrogens with zero attached hydrogens (tertiary/aromatic N) is 1. The predicted molar refractivity (Wildman–Crippen MR) is 125 cm³/mol. The van der Waals surface area contributed by atoms with E-state index in [0.717, 1.165) is 11.1 Å². The number of phenolic OH excluding ortho intramolecular Hbond substituents is 1. The molecule has 6 nitrogen and oxygen atoms in total. The van der Waals surface area contributed by atoms with Gasteiger partial charge in [0.1, 0.15) is 23.9 Å². The highest BCUT2D eigenvalue weighted by Crippen LogP contribution is 2.46. The molecule has 0 saturated heterocycles. The third-order valence-electron chi connectivity index (χ3n) is 5.79. The number of ketones is 1. The van der Waals surface area contributed by atoms with Gasteiger partial charge in [-0.2, -0.15) is 0 Å². The van der Waals surface area contributed by atoms with E-state index >= 15 is 0 Å². The van der Waals surface area contributed by atoms with E-state index in [1.807, 2.05) is 42.5 Å². The zero-order chi connectivity index (χ0) is 23.5. The topological polar surface area (TPSA) is 85.7 Å². The van der Waals surface area contributed by atoms with Crippen LogP contribution < -0.4 is 9.47 Å². The van der Waals surface area contributed by atoms with E-state index in [9.17, 15) is 14.7 Å². The van der Waals surface area contributed by atoms with E-state index in [4.69, 9.17) is 9.47 Å². The van der Waals surface area contributed by atoms with Gasteiger partial charge in [0.05, 0.1) is 12.0 Å². The normalized spacial score (nSPS) is 14.7. The number of hydrogen-bond donors (Lipinski definition) is 1. The summed E-state index contributed by atoms with van der Waals surface area (Å²) >= 11 is 0. The van der Waals surface area contributed by atoms with Crippen LogP contribution in [0.5, 0.6) is 17.2 Å². The van der Waals surface area contributed by atoms with Crippen molar-refractivity contribution in [3.8, 4) is 17.2 Å². The van der Waals surface area contributed by atoms with Crippen molar-refractivity contribution in [2.75, 3.05) is 0 Å². The van der Waals surface area contributed by atoms with Crippen LogP contribution in [0.1, 0.15) is 45.0 Å². The van der Waals surface area contributed by atoms with Crippen LogP contribution in [-0.4, -0.2) is 21.8 Å². The second-order valence-corrected chi connectivity index (χ2v) is 8.02. The molecule has 168 valence electrons. The second kappa shape index (κ2) is 9.19. The number of phenols is 1. The summed E-state index contributed by atoms with van der Waals surface area (Å²) in [5.41, 5.74) is 2.76. The largest absolute Gasteiger partial charge is 0.507 e. The fourth-order valence-corrected chi connectivity index (χ4v) is 4.13. The maximum absolute atomic E-state index is 13.0. The first-order valence-electron chi connectivity index (χ1n) is 10.9. The molecule has 0 bridgehead atoms. The third-order valence-corrected chi connectivity index (χ3v) is 5.79. The van der Waals surface area contributed by atoms with Crippen molar-refractivity contribution in [3.63, 3.8) is 0 Å². The van der Waals surface area contributed by atoms with Crippen LogP contribution >= 0.6 is 0 Å². The lowest BCUT2D eigenvalue weighted by Gasteiger charge is -2.27. The van der Waals surface area contributed by atoms with Crippen molar-refractivity contribution >= 4 is 11.8 Å². The molecule has 34 heavy (non-hydrogen) atoms. The standard InChI is InChI=1S/C28H21NO5/c30-25-15-23(20-9-4-10-21(14-20)33-17-18-6-5-13-29-16-18)26-24(34-25)12-11-22(28(26)32)27(31)19-7-2-1-3-8-19/h1-14,16,23,32H,15,17H2/t23-/m1/s1. The van der Waals surface area contributed by atoms with E-state index < -0.39 is 11.9 Å². The maximum Gasteiger partial charge on any atom is 0.312 e. The Morgan fingerprint density at radius 1 is 1.03 bits per heavy atom. The van der Waals surface area contributed by atoms with Gasteiger partial charge in [-0.05, 0) is 35.9 Å². The molecule has 5 rings (SSSR count). The number of pyridine rings is 1. The summed E-state index contributed by atoms with van der Waals surface area (Å²) < 4.78 is 11.3. The molecule has 3 aromatic carbocycles. The number of benzene rings is 3. The Hall–Kier alpha value is -4.45. The van der Waals surface area contributed by atoms with Crippen molar-refractivity contribution in [1.29, 1.82) is 0 Å². The summed E-state index contributed by atoms with van der Waals surface area (Å²) in [5.74, 6) is -0.485. The zero-order valence-corrected chi connectivity index (χ0v) is 18.2. The summed E-state index contributed by atoms with van der Waals surface area (Å²) in [6.45, 7) is 0.349. The molecular weight excluding hydrogens is 430 g/mol. The fraction of sp³-hybridized carbons (Fsp3) is 0.107. The number of esters is 1. The molecule has 4 aromatic rings. The Labute approximate surface area is 196 Å². The van der Waals surface area contributed by atoms with Gasteiger partial charge in [0.15, 0.2) is 5.78 Å². The van der Waals surface area contributed by atoms with Crippen LogP contribution in [0, 0.1) is 0 Å². The van der Waals surface area contributed by atoms with Crippen LogP contribution in [0.15, 0.2) is 91.3 Å². The van der Waals surface area contributed by atoms with E-state index in [1.165, 1.54) is 6.07 Å². The maximum atomic E-state index is 13.0. The van der Waals surface area contributed by atoms with Crippen LogP contribution in [0.3, 0.4) is 0 Å². The molecule has 1 N–H and O–H groups in total. The van der Waals surface area contributed by atoms with Gasteiger partial charge >= 0.3 is 5.97 Å². The van der Waals surface area contributed by atoms with Crippen LogP contribution in [0.2, 0.25) is 0 Å². The third kappa shape index (κ3) is 4.26. The average molecular weight is 451 g/mol. The number of fused-ring (bicyclic) bond motifs is 1. The number of rotatable bonds is 6. The first-order valence-corrected chi connectivity index (χ1v) is 10.9. The lowest BCUT2D eigenvalue weighted by molar-refractivity contribution is -0.135. The Kier molecular flexibility index (Phi) is 5.79. The van der Waals surface area contributed by atoms with E-state index in [0.29, 0.717) is 23.5 Å². The number of carbonyl (C=O) groups excluding carboxylic acids is 2. The Balaban J connectivity index is 1.49. The van der Waals surface area contributed by atoms with Gasteiger partial charge in [0.25, 0.3) is 0 Å². The van der Waals surface area contributed by atoms with Crippen molar-refractivity contribution < 1.29 is 24.2 Å². The lowest BCUT2D eigenvalue weighted by atomic mass is 9.84. The Morgan fingerprint density at radius 3 is 2.68 bits per heavy atom. The number of aromatic hydroxyl groups is 1. The SMILES string of the molecule is O=C1C[C@H](c2cccc(OCc3cccnc3)c2)c2c(ccc(C(=O)c3ccccc3)c2O)O1. The van der Waals surface area contributed by atoms with Gasteiger partial charge in [-0.25, -0.2) is 0 Å². The van der Waals surface area contributed by atoms with Gasteiger partial charge in [0.2, 0.25) is 0 Å². The first-order chi connectivity index (χ1) is 16.6. The van der Waals surface area contributed by atoms with Gasteiger partial charge in [-0.1, -0.05) is 48.5 Å². The van der Waals surface area contributed by atoms with Gasteiger partial charge < -0.3 is 14.6 Å². The summed E-state index contributed by atoms with van der Waals surface area (Å²) in [7, 11) is 0. The van der Waals surface area contributed by atoms with Crippen LogP contribution in [-0.2, 0) is 11.4 Å². The molecule has 2 heterocycles. The minimum absolute atomic E-state index is 0.0373. The number of ether oxygens (including phenoxy) is 2. The highest BCUT2D eigenvalue weighted by atomic mass is 16.5. The molecular formula is C28H21NO5. The molecule has 0 spiro atoms. The smallest absolute Gasteiger partial charge is 0.312 e. The summed E-state index contributed by atoms with van der Waals surface area (Å²) in [4.78, 5) is 29.5. The van der Waals surface area contributed by atoms with Gasteiger partial charge in [-0.15, -0.1) is 0 Å². The molecule has 0 unspecified atom stereocenters. The summed E-state index contributed by atoms with van der Waals surface area (Å²) in [6, 6.07) is 23.0. The predicted octanol–water partition coefficient (Wildman–Crippen LogP) is 5.04. The number of carbonyl (C=O) groups is 2. The minimum atomic E-state index is -0.485. The zero-order valence-electron chi connectivity index (χ0n) is 18.2. The van der Waals surface area contributed by atoms with E-state index in [-0.39, 0.29) is 29.3 Å². The molecule has 1 aliphatic heterocycles. The highest BCUT2D eigenvalue weighted by molar-refractivity contribution is 6.11. The quantitative estimate of drug-likeness (QED) is 0.251. The van der Waals surface area contributed by atoms with Crippen molar-refractivity contribution in [2.24, 2.45) is 0 Å². The van der Waals surface area contributed by atoms with Crippen molar-refractivity contribution in [1.82, 2.24) is 4.98 Å². The highest BCUT2D eigenvalue weighted by Gasteiger charge is 2.33. The fourth-order valence-electron chi connectivity index (χ4n) is 4.13. The van der Waals surface area contributed by atoms with Crippen LogP contribution in [0.25, 0.3) is 0 Å². The second-order valence-electron chi connectivity index (χ2n) is 8.02. The Morgan fingerprint density at radius 2 is 1.88 bits per heavy atom. The van der Waals surface area contributed by atoms with Gasteiger partial charge in [-0.3, -0.25) is 14.6 Å². The molecule has 0 radical (unpaired) electrons. The monoisotopic (exact) mass is 451 g/mol. The average Bonchev–Trinajstić information content (AvgIpc) is 2.88. The van der Waals surface area contributed by atoms with E-state index in [1.54, 1.807) is 42.7 Å². The molecule has 1 atom stereocenters. The van der Waals surface area contributed by atoms with E-state index in [2.05, 4.69) is 4.98 Å². The molecule has 0 amide bonds. The molecule has 1 aliphatic rings. The molecule has 6 heteroatoms. The molecule has 1 aromatic heterocycles. The van der Waals surface area contributed by atoms with Crippen molar-refractivity contribution in [2.45, 2.75) is 18.9 Å². The Bertz CT molecular complexity index is 1350. The molecule has 0 fully saturated rings.